The molecule has 1 rings (SSSR count). The molecule has 0 heterocycles. The first-order valence-corrected chi connectivity index (χ1v) is 6.04. The van der Waals surface area contributed by atoms with Crippen LogP contribution in [0.4, 0.5) is 0 Å². The van der Waals surface area contributed by atoms with Crippen LogP contribution >= 0.6 is 0 Å². The van der Waals surface area contributed by atoms with Crippen LogP contribution in [-0.2, 0) is 28.6 Å². The van der Waals surface area contributed by atoms with E-state index in [0.29, 0.717) is 0 Å². The molecule has 6 heteroatoms. The molecule has 0 aromatic rings. The number of ether oxygens (including phenoxy) is 3. The van der Waals surface area contributed by atoms with E-state index in [-0.39, 0.29) is 29.6 Å². The van der Waals surface area contributed by atoms with E-state index in [4.69, 9.17) is 4.74 Å². The molecular formula is C13H20O6. The van der Waals surface area contributed by atoms with Gasteiger partial charge in [0.15, 0.2) is 5.92 Å². The fraction of sp³-hybridized carbons (Fsp3) is 0.769. The number of carbonyl (C=O) groups is 3. The first kappa shape index (κ1) is 15.5. The van der Waals surface area contributed by atoms with Crippen LogP contribution in [-0.4, -0.2) is 39.2 Å². The van der Waals surface area contributed by atoms with Gasteiger partial charge in [0.1, 0.15) is 0 Å². The van der Waals surface area contributed by atoms with Crippen molar-refractivity contribution >= 4 is 17.9 Å². The lowest BCUT2D eigenvalue weighted by molar-refractivity contribution is -0.159. The van der Waals surface area contributed by atoms with Crippen molar-refractivity contribution in [2.45, 2.75) is 20.3 Å². The zero-order chi connectivity index (χ0) is 14.8. The van der Waals surface area contributed by atoms with Gasteiger partial charge >= 0.3 is 17.9 Å². The van der Waals surface area contributed by atoms with Crippen LogP contribution in [0.15, 0.2) is 0 Å². The van der Waals surface area contributed by atoms with E-state index in [1.807, 2.05) is 13.8 Å². The second-order valence-electron chi connectivity index (χ2n) is 5.26. The maximum Gasteiger partial charge on any atom is 0.320 e. The summed E-state index contributed by atoms with van der Waals surface area (Å²) in [5.74, 6) is -2.98. The van der Waals surface area contributed by atoms with E-state index in [9.17, 15) is 14.4 Å². The fourth-order valence-electron chi connectivity index (χ4n) is 2.61. The monoisotopic (exact) mass is 272 g/mol. The standard InChI is InChI=1S/C13H20O6/c1-13(2)8(9(13)12(16)19-5)6-7(10(14)17-3)11(15)18-4/h7-9H,6H2,1-5H3/t8-,9-/m1/s1. The highest BCUT2D eigenvalue weighted by Crippen LogP contribution is 2.61. The first-order valence-electron chi connectivity index (χ1n) is 6.04. The Labute approximate surface area is 112 Å². The summed E-state index contributed by atoms with van der Waals surface area (Å²) in [6.45, 7) is 3.82. The van der Waals surface area contributed by atoms with E-state index >= 15 is 0 Å². The molecule has 1 fully saturated rings. The van der Waals surface area contributed by atoms with Crippen molar-refractivity contribution in [1.29, 1.82) is 0 Å². The zero-order valence-corrected chi connectivity index (χ0v) is 11.9. The molecule has 0 amide bonds. The molecule has 108 valence electrons. The SMILES string of the molecule is COC(=O)C(C[C@@H]1[C@H](C(=O)OC)C1(C)C)C(=O)OC. The van der Waals surface area contributed by atoms with Crippen LogP contribution in [0.3, 0.4) is 0 Å². The van der Waals surface area contributed by atoms with Gasteiger partial charge in [0.2, 0.25) is 0 Å². The average Bonchev–Trinajstić information content (AvgIpc) is 2.94. The van der Waals surface area contributed by atoms with Crippen LogP contribution in [0.5, 0.6) is 0 Å². The molecule has 1 saturated carbocycles. The average molecular weight is 272 g/mol. The number of methoxy groups -OCH3 is 3. The van der Waals surface area contributed by atoms with Crippen molar-refractivity contribution in [3.8, 4) is 0 Å². The van der Waals surface area contributed by atoms with Crippen LogP contribution in [0.25, 0.3) is 0 Å². The summed E-state index contributed by atoms with van der Waals surface area (Å²) < 4.78 is 13.9. The fourth-order valence-corrected chi connectivity index (χ4v) is 2.61. The minimum atomic E-state index is -0.992. The topological polar surface area (TPSA) is 78.9 Å². The summed E-state index contributed by atoms with van der Waals surface area (Å²) in [6, 6.07) is 0. The van der Waals surface area contributed by atoms with Gasteiger partial charge in [-0.05, 0) is 17.8 Å². The van der Waals surface area contributed by atoms with Crippen molar-refractivity contribution in [3.63, 3.8) is 0 Å². The van der Waals surface area contributed by atoms with Gasteiger partial charge in [-0.15, -0.1) is 0 Å². The highest BCUT2D eigenvalue weighted by molar-refractivity contribution is 5.95. The molecule has 0 aliphatic heterocycles. The van der Waals surface area contributed by atoms with Crippen LogP contribution in [0.2, 0.25) is 0 Å². The van der Waals surface area contributed by atoms with Gasteiger partial charge in [0.05, 0.1) is 27.2 Å². The Morgan fingerprint density at radius 1 is 1.00 bits per heavy atom. The first-order chi connectivity index (χ1) is 8.81. The number of esters is 3. The molecule has 0 radical (unpaired) electrons. The molecule has 0 spiro atoms. The van der Waals surface area contributed by atoms with E-state index in [2.05, 4.69) is 9.47 Å². The van der Waals surface area contributed by atoms with Gasteiger partial charge in [0.25, 0.3) is 0 Å². The van der Waals surface area contributed by atoms with Gasteiger partial charge in [-0.3, -0.25) is 14.4 Å². The summed E-state index contributed by atoms with van der Waals surface area (Å²) in [5.41, 5.74) is -0.284. The van der Waals surface area contributed by atoms with Crippen molar-refractivity contribution in [2.75, 3.05) is 21.3 Å². The largest absolute Gasteiger partial charge is 0.469 e. The normalized spacial score (nSPS) is 23.7. The maximum absolute atomic E-state index is 11.6. The summed E-state index contributed by atoms with van der Waals surface area (Å²) in [5, 5.41) is 0. The molecule has 0 unspecified atom stereocenters. The highest BCUT2D eigenvalue weighted by Gasteiger charge is 2.63. The van der Waals surface area contributed by atoms with Crippen molar-refractivity contribution in [2.24, 2.45) is 23.2 Å². The van der Waals surface area contributed by atoms with Crippen molar-refractivity contribution in [3.05, 3.63) is 0 Å². The Morgan fingerprint density at radius 2 is 1.47 bits per heavy atom. The molecule has 1 aliphatic carbocycles. The second kappa shape index (κ2) is 5.59. The molecule has 0 N–H and O–H groups in total. The highest BCUT2D eigenvalue weighted by atomic mass is 16.5. The molecule has 1 aliphatic rings. The Balaban J connectivity index is 2.79. The smallest absolute Gasteiger partial charge is 0.320 e. The number of hydrogen-bond donors (Lipinski definition) is 0. The lowest BCUT2D eigenvalue weighted by atomic mass is 9.98. The molecule has 6 nitrogen and oxygen atoms in total. The maximum atomic E-state index is 11.6. The lowest BCUT2D eigenvalue weighted by Gasteiger charge is -2.12. The van der Waals surface area contributed by atoms with E-state index < -0.39 is 17.9 Å². The zero-order valence-electron chi connectivity index (χ0n) is 11.9. The summed E-state index contributed by atoms with van der Waals surface area (Å²) in [4.78, 5) is 34.8. The molecule has 2 atom stereocenters. The van der Waals surface area contributed by atoms with Gasteiger partial charge in [0, 0.05) is 0 Å². The minimum Gasteiger partial charge on any atom is -0.469 e. The molecule has 0 aromatic heterocycles. The van der Waals surface area contributed by atoms with Crippen LogP contribution < -0.4 is 0 Å². The van der Waals surface area contributed by atoms with Crippen LogP contribution in [0, 0.1) is 23.2 Å². The third-order valence-corrected chi connectivity index (χ3v) is 3.97. The van der Waals surface area contributed by atoms with E-state index in [0.717, 1.165) is 0 Å². The van der Waals surface area contributed by atoms with E-state index in [1.165, 1.54) is 21.3 Å². The van der Waals surface area contributed by atoms with Crippen molar-refractivity contribution < 1.29 is 28.6 Å². The summed E-state index contributed by atoms with van der Waals surface area (Å²) in [6.07, 6.45) is 0.228. The van der Waals surface area contributed by atoms with Gasteiger partial charge in [-0.25, -0.2) is 0 Å². The third kappa shape index (κ3) is 2.88. The Hall–Kier alpha value is -1.59. The Morgan fingerprint density at radius 3 is 1.84 bits per heavy atom. The lowest BCUT2D eigenvalue weighted by Crippen LogP contribution is -2.27. The Bertz CT molecular complexity index is 371. The summed E-state index contributed by atoms with van der Waals surface area (Å²) in [7, 11) is 3.76. The minimum absolute atomic E-state index is 0.0943. The van der Waals surface area contributed by atoms with Crippen LogP contribution in [0.1, 0.15) is 20.3 Å². The number of rotatable bonds is 5. The predicted molar refractivity (Wildman–Crippen MR) is 64.9 cm³/mol. The van der Waals surface area contributed by atoms with Gasteiger partial charge < -0.3 is 14.2 Å². The molecule has 0 saturated heterocycles. The summed E-state index contributed by atoms with van der Waals surface area (Å²) >= 11 is 0. The molecule has 0 bridgehead atoms. The number of hydrogen-bond acceptors (Lipinski definition) is 6. The van der Waals surface area contributed by atoms with Crippen molar-refractivity contribution in [1.82, 2.24) is 0 Å². The predicted octanol–water partition coefficient (Wildman–Crippen LogP) is 0.784. The number of carbonyl (C=O) groups excluding carboxylic acids is 3. The quantitative estimate of drug-likeness (QED) is 0.418. The molecular weight excluding hydrogens is 252 g/mol. The van der Waals surface area contributed by atoms with E-state index in [1.54, 1.807) is 0 Å². The third-order valence-electron chi connectivity index (χ3n) is 3.97. The molecule has 0 aromatic carbocycles. The second-order valence-corrected chi connectivity index (χ2v) is 5.26. The Kier molecular flexibility index (Phi) is 4.55. The van der Waals surface area contributed by atoms with Gasteiger partial charge in [-0.1, -0.05) is 13.8 Å². The molecule has 19 heavy (non-hydrogen) atoms. The van der Waals surface area contributed by atoms with Gasteiger partial charge in [-0.2, -0.15) is 0 Å².